The molecule has 0 atom stereocenters. The molecule has 0 amide bonds. The molecule has 0 fully saturated rings. The van der Waals surface area contributed by atoms with Crippen molar-refractivity contribution in [3.05, 3.63) is 10.8 Å². The molecule has 2 heterocycles. The lowest BCUT2D eigenvalue weighted by Gasteiger charge is -2.18. The number of hydrogen-bond donors (Lipinski definition) is 1. The fraction of sp³-hybridized carbons (Fsp3) is 0.429. The van der Waals surface area contributed by atoms with Crippen molar-refractivity contribution in [2.24, 2.45) is 0 Å². The van der Waals surface area contributed by atoms with Gasteiger partial charge in [-0.2, -0.15) is 0 Å². The van der Waals surface area contributed by atoms with Gasteiger partial charge in [-0.3, -0.25) is 0 Å². The fourth-order valence-corrected chi connectivity index (χ4v) is 1.58. The minimum absolute atomic E-state index is 0.423. The zero-order valence-corrected chi connectivity index (χ0v) is 6.85. The zero-order valence-electron chi connectivity index (χ0n) is 6.03. The van der Waals surface area contributed by atoms with Gasteiger partial charge in [0.2, 0.25) is 0 Å². The van der Waals surface area contributed by atoms with E-state index >= 15 is 0 Å². The third-order valence-electron chi connectivity index (χ3n) is 1.58. The summed E-state index contributed by atoms with van der Waals surface area (Å²) in [5, 5.41) is 13.1. The summed E-state index contributed by atoms with van der Waals surface area (Å²) in [5.74, 6) is -0.141. The molecule has 1 aromatic rings. The highest BCUT2D eigenvalue weighted by molar-refractivity contribution is 7.08. The van der Waals surface area contributed by atoms with Crippen molar-refractivity contribution in [2.75, 3.05) is 0 Å². The van der Waals surface area contributed by atoms with E-state index in [0.29, 0.717) is 17.9 Å². The van der Waals surface area contributed by atoms with E-state index in [1.165, 1.54) is 11.3 Å². The molecule has 0 saturated heterocycles. The predicted octanol–water partition coefficient (Wildman–Crippen LogP) is 1.58. The van der Waals surface area contributed by atoms with Crippen molar-refractivity contribution in [3.8, 4) is 11.5 Å². The Labute approximate surface area is 68.2 Å². The van der Waals surface area contributed by atoms with Crippen molar-refractivity contribution in [3.63, 3.8) is 0 Å². The summed E-state index contributed by atoms with van der Waals surface area (Å²) in [5.41, 5.74) is 0. The van der Waals surface area contributed by atoms with Crippen molar-refractivity contribution >= 4 is 11.3 Å². The van der Waals surface area contributed by atoms with Crippen LogP contribution in [0.15, 0.2) is 10.8 Å². The van der Waals surface area contributed by atoms with E-state index in [9.17, 15) is 5.11 Å². The Balaban J connectivity index is 2.28. The van der Waals surface area contributed by atoms with Crippen molar-refractivity contribution in [2.45, 2.75) is 19.3 Å². The lowest BCUT2D eigenvalue weighted by molar-refractivity contribution is -0.251. The Bertz CT molecular complexity index is 248. The van der Waals surface area contributed by atoms with Crippen LogP contribution < -0.4 is 9.47 Å². The molecular weight excluding hydrogens is 164 g/mol. The molecule has 0 saturated carbocycles. The average molecular weight is 172 g/mol. The summed E-state index contributed by atoms with van der Waals surface area (Å²) in [6.45, 7) is 1.80. The van der Waals surface area contributed by atoms with Crippen LogP contribution in [0.4, 0.5) is 0 Å². The maximum absolute atomic E-state index is 9.47. The molecule has 0 bridgehead atoms. The molecular formula is C7H8O3S. The highest BCUT2D eigenvalue weighted by Gasteiger charge is 2.38. The van der Waals surface area contributed by atoms with Gasteiger partial charge in [-0.05, 0) is 0 Å². The second-order valence-electron chi connectivity index (χ2n) is 2.37. The molecule has 0 unspecified atom stereocenters. The largest absolute Gasteiger partial charge is 0.425 e. The summed E-state index contributed by atoms with van der Waals surface area (Å²) >= 11 is 1.49. The van der Waals surface area contributed by atoms with Gasteiger partial charge in [0.15, 0.2) is 11.5 Å². The van der Waals surface area contributed by atoms with Crippen LogP contribution in [0.1, 0.15) is 13.3 Å². The van der Waals surface area contributed by atoms with E-state index in [1.54, 1.807) is 6.92 Å². The molecule has 0 aromatic carbocycles. The fourth-order valence-electron chi connectivity index (χ4n) is 0.931. The van der Waals surface area contributed by atoms with Gasteiger partial charge in [0.25, 0.3) is 0 Å². The first-order valence-corrected chi connectivity index (χ1v) is 4.34. The summed E-state index contributed by atoms with van der Waals surface area (Å²) in [4.78, 5) is 0. The predicted molar refractivity (Wildman–Crippen MR) is 40.8 cm³/mol. The highest BCUT2D eigenvalue weighted by atomic mass is 32.1. The van der Waals surface area contributed by atoms with Crippen LogP contribution >= 0.6 is 11.3 Å². The number of thiophene rings is 1. The number of hydrogen-bond acceptors (Lipinski definition) is 4. The topological polar surface area (TPSA) is 38.7 Å². The molecule has 1 aliphatic rings. The Kier molecular flexibility index (Phi) is 1.34. The highest BCUT2D eigenvalue weighted by Crippen LogP contribution is 2.42. The standard InChI is InChI=1S/C7H8O3S/c1-2-7(8)9-5-3-11-4-6(5)10-7/h3-4,8H,2H2,1H3. The maximum atomic E-state index is 9.47. The van der Waals surface area contributed by atoms with Gasteiger partial charge in [-0.15, -0.1) is 11.3 Å². The molecule has 60 valence electrons. The molecule has 1 aliphatic heterocycles. The SMILES string of the molecule is CCC1(O)Oc2cscc2O1. The molecule has 1 aromatic heterocycles. The van der Waals surface area contributed by atoms with E-state index in [0.717, 1.165) is 0 Å². The summed E-state index contributed by atoms with van der Waals surface area (Å²) < 4.78 is 10.3. The van der Waals surface area contributed by atoms with Crippen LogP contribution in [0.25, 0.3) is 0 Å². The minimum Gasteiger partial charge on any atom is -0.425 e. The number of ether oxygens (including phenoxy) is 2. The van der Waals surface area contributed by atoms with Crippen LogP contribution in [-0.4, -0.2) is 11.1 Å². The number of fused-ring (bicyclic) bond motifs is 1. The molecule has 11 heavy (non-hydrogen) atoms. The Hall–Kier alpha value is -0.740. The second-order valence-corrected chi connectivity index (χ2v) is 3.11. The monoisotopic (exact) mass is 172 g/mol. The molecule has 0 aliphatic carbocycles. The van der Waals surface area contributed by atoms with Crippen molar-refractivity contribution in [1.82, 2.24) is 0 Å². The second kappa shape index (κ2) is 2.12. The first-order valence-electron chi connectivity index (χ1n) is 3.40. The van der Waals surface area contributed by atoms with E-state index < -0.39 is 5.97 Å². The molecule has 3 nitrogen and oxygen atoms in total. The summed E-state index contributed by atoms with van der Waals surface area (Å²) in [6, 6.07) is 0. The van der Waals surface area contributed by atoms with Crippen LogP contribution in [0, 0.1) is 0 Å². The van der Waals surface area contributed by atoms with Crippen molar-refractivity contribution < 1.29 is 14.6 Å². The van der Waals surface area contributed by atoms with Gasteiger partial charge in [-0.1, -0.05) is 6.92 Å². The quantitative estimate of drug-likeness (QED) is 0.698. The first-order chi connectivity index (χ1) is 5.23. The van der Waals surface area contributed by atoms with Gasteiger partial charge < -0.3 is 14.6 Å². The van der Waals surface area contributed by atoms with Gasteiger partial charge in [0.1, 0.15) is 0 Å². The minimum atomic E-state index is -1.42. The van der Waals surface area contributed by atoms with Gasteiger partial charge >= 0.3 is 5.97 Å². The lowest BCUT2D eigenvalue weighted by Crippen LogP contribution is -2.37. The van der Waals surface area contributed by atoms with Crippen LogP contribution in [0.5, 0.6) is 11.5 Å². The third-order valence-corrected chi connectivity index (χ3v) is 2.28. The molecule has 0 spiro atoms. The Morgan fingerprint density at radius 2 is 2.00 bits per heavy atom. The summed E-state index contributed by atoms with van der Waals surface area (Å²) in [6.07, 6.45) is 0.423. The van der Waals surface area contributed by atoms with E-state index in [-0.39, 0.29) is 0 Å². The van der Waals surface area contributed by atoms with Gasteiger partial charge in [-0.25, -0.2) is 0 Å². The molecule has 1 N–H and O–H groups in total. The Morgan fingerprint density at radius 3 is 2.45 bits per heavy atom. The first kappa shape index (κ1) is 6.94. The van der Waals surface area contributed by atoms with Crippen LogP contribution in [0.2, 0.25) is 0 Å². The van der Waals surface area contributed by atoms with E-state index in [4.69, 9.17) is 9.47 Å². The van der Waals surface area contributed by atoms with Crippen LogP contribution in [0.3, 0.4) is 0 Å². The number of rotatable bonds is 1. The molecule has 4 heteroatoms. The maximum Gasteiger partial charge on any atom is 0.369 e. The van der Waals surface area contributed by atoms with E-state index in [2.05, 4.69) is 0 Å². The average Bonchev–Trinajstić information content (AvgIpc) is 2.46. The van der Waals surface area contributed by atoms with Gasteiger partial charge in [0.05, 0.1) is 6.42 Å². The molecule has 2 rings (SSSR count). The number of aliphatic hydroxyl groups is 1. The third kappa shape index (κ3) is 0.985. The molecule has 0 radical (unpaired) electrons. The lowest BCUT2D eigenvalue weighted by atomic mass is 10.4. The van der Waals surface area contributed by atoms with E-state index in [1.807, 2.05) is 10.8 Å². The Morgan fingerprint density at radius 1 is 1.45 bits per heavy atom. The zero-order chi connectivity index (χ0) is 7.90. The van der Waals surface area contributed by atoms with Gasteiger partial charge in [0, 0.05) is 10.8 Å². The van der Waals surface area contributed by atoms with Crippen LogP contribution in [-0.2, 0) is 0 Å². The smallest absolute Gasteiger partial charge is 0.369 e. The van der Waals surface area contributed by atoms with Crippen molar-refractivity contribution in [1.29, 1.82) is 0 Å². The summed E-state index contributed by atoms with van der Waals surface area (Å²) in [7, 11) is 0. The normalized spacial score (nSPS) is 18.7.